The Bertz CT molecular complexity index is 1010. The predicted molar refractivity (Wildman–Crippen MR) is 117 cm³/mol. The molecule has 1 aliphatic rings. The van der Waals surface area contributed by atoms with Crippen molar-refractivity contribution in [2.45, 2.75) is 37.0 Å². The van der Waals surface area contributed by atoms with Crippen molar-refractivity contribution in [3.63, 3.8) is 0 Å². The molecule has 2 N–H and O–H groups in total. The van der Waals surface area contributed by atoms with Crippen LogP contribution in [0.5, 0.6) is 0 Å². The van der Waals surface area contributed by atoms with Crippen molar-refractivity contribution >= 4 is 40.8 Å². The lowest BCUT2D eigenvalue weighted by Crippen LogP contribution is -2.17. The number of benzene rings is 3. The minimum Gasteiger partial charge on any atom is -0.366 e. The summed E-state index contributed by atoms with van der Waals surface area (Å²) >= 11 is 1.88. The van der Waals surface area contributed by atoms with Gasteiger partial charge in [-0.1, -0.05) is 43.3 Å². The monoisotopic (exact) mass is 397 g/mol. The quantitative estimate of drug-likeness (QED) is 0.548. The molecule has 1 aliphatic carbocycles. The van der Waals surface area contributed by atoms with E-state index in [1.807, 2.05) is 30.8 Å². The maximum atomic E-state index is 11.8. The van der Waals surface area contributed by atoms with E-state index in [1.54, 1.807) is 0 Å². The molecule has 4 rings (SSSR count). The second kappa shape index (κ2) is 7.57. The van der Waals surface area contributed by atoms with Crippen LogP contribution >= 0.6 is 24.2 Å². The van der Waals surface area contributed by atoms with Gasteiger partial charge < -0.3 is 5.73 Å². The lowest BCUT2D eigenvalue weighted by molar-refractivity contribution is 0.0999. The van der Waals surface area contributed by atoms with Gasteiger partial charge in [0, 0.05) is 15.9 Å². The number of rotatable bonds is 5. The van der Waals surface area contributed by atoms with Gasteiger partial charge in [-0.25, -0.2) is 0 Å². The second-order valence-electron chi connectivity index (χ2n) is 7.05. The number of carbonyl (C=O) groups is 1. The van der Waals surface area contributed by atoms with E-state index in [0.29, 0.717) is 5.56 Å². The van der Waals surface area contributed by atoms with Crippen LogP contribution in [0.25, 0.3) is 10.8 Å². The van der Waals surface area contributed by atoms with Crippen LogP contribution in [0, 0.1) is 6.92 Å². The van der Waals surface area contributed by atoms with E-state index in [-0.39, 0.29) is 23.7 Å². The molecule has 1 amide bonds. The summed E-state index contributed by atoms with van der Waals surface area (Å²) < 4.78 is 0. The van der Waals surface area contributed by atoms with Gasteiger partial charge in [-0.3, -0.25) is 4.79 Å². The first-order valence-electron chi connectivity index (χ1n) is 9.13. The molecule has 0 unspecified atom stereocenters. The number of hydrogen-bond donors (Lipinski definition) is 1. The van der Waals surface area contributed by atoms with E-state index >= 15 is 0 Å². The summed E-state index contributed by atoms with van der Waals surface area (Å²) in [7, 11) is 0. The van der Waals surface area contributed by atoms with Crippen LogP contribution in [0.1, 0.15) is 46.8 Å². The van der Waals surface area contributed by atoms with E-state index in [1.165, 1.54) is 26.8 Å². The Morgan fingerprint density at radius 2 is 1.81 bits per heavy atom. The lowest BCUT2D eigenvalue weighted by Gasteiger charge is -2.23. The molecule has 3 aromatic carbocycles. The van der Waals surface area contributed by atoms with Crippen molar-refractivity contribution in [3.05, 3.63) is 76.9 Å². The molecule has 0 aliphatic heterocycles. The predicted octanol–water partition coefficient (Wildman–Crippen LogP) is 5.86. The number of carbonyl (C=O) groups excluding carboxylic acids is 1. The number of primary amides is 1. The second-order valence-corrected chi connectivity index (χ2v) is 8.39. The minimum atomic E-state index is -0.347. The maximum Gasteiger partial charge on any atom is 0.248 e. The number of hydrogen-bond acceptors (Lipinski definition) is 2. The fourth-order valence-electron chi connectivity index (χ4n) is 4.16. The van der Waals surface area contributed by atoms with Crippen LogP contribution in [-0.2, 0) is 5.41 Å². The molecule has 0 atom stereocenters. The van der Waals surface area contributed by atoms with Crippen molar-refractivity contribution in [2.24, 2.45) is 5.73 Å². The highest BCUT2D eigenvalue weighted by atomic mass is 35.5. The first kappa shape index (κ1) is 19.8. The number of amides is 1. The number of thioether (sulfide) groups is 1. The molecular formula is C23H24ClNOS. The van der Waals surface area contributed by atoms with Crippen LogP contribution in [0.3, 0.4) is 0 Å². The van der Waals surface area contributed by atoms with Gasteiger partial charge in [-0.2, -0.15) is 0 Å². The van der Waals surface area contributed by atoms with E-state index in [9.17, 15) is 4.79 Å². The average molecular weight is 398 g/mol. The molecule has 4 heteroatoms. The first-order chi connectivity index (χ1) is 12.6. The fourth-order valence-corrected chi connectivity index (χ4v) is 4.90. The normalized spacial score (nSPS) is 14.6. The van der Waals surface area contributed by atoms with Gasteiger partial charge in [0.2, 0.25) is 5.91 Å². The number of halogens is 1. The van der Waals surface area contributed by atoms with Crippen LogP contribution in [-0.4, -0.2) is 11.7 Å². The zero-order chi connectivity index (χ0) is 18.3. The van der Waals surface area contributed by atoms with Gasteiger partial charge in [-0.15, -0.1) is 24.2 Å². The van der Waals surface area contributed by atoms with Crippen molar-refractivity contribution < 1.29 is 4.79 Å². The summed E-state index contributed by atoms with van der Waals surface area (Å²) in [6, 6.07) is 19.2. The van der Waals surface area contributed by atoms with E-state index in [0.717, 1.165) is 24.2 Å². The molecule has 0 radical (unpaired) electrons. The highest BCUT2D eigenvalue weighted by Crippen LogP contribution is 2.56. The van der Waals surface area contributed by atoms with E-state index in [4.69, 9.17) is 5.73 Å². The summed E-state index contributed by atoms with van der Waals surface area (Å²) in [5, 5.41) is 2.60. The van der Waals surface area contributed by atoms with E-state index in [2.05, 4.69) is 49.4 Å². The topological polar surface area (TPSA) is 43.1 Å². The first-order valence-corrected chi connectivity index (χ1v) is 10.1. The average Bonchev–Trinajstić information content (AvgIpc) is 3.43. The van der Waals surface area contributed by atoms with Gasteiger partial charge in [-0.05, 0) is 71.2 Å². The Morgan fingerprint density at radius 1 is 1.07 bits per heavy atom. The van der Waals surface area contributed by atoms with Gasteiger partial charge in [0.1, 0.15) is 0 Å². The van der Waals surface area contributed by atoms with Gasteiger partial charge in [0.15, 0.2) is 0 Å². The van der Waals surface area contributed by atoms with Crippen LogP contribution in [0.15, 0.2) is 59.5 Å². The van der Waals surface area contributed by atoms with Gasteiger partial charge in [0.25, 0.3) is 0 Å². The molecule has 0 spiro atoms. The van der Waals surface area contributed by atoms with Crippen molar-refractivity contribution in [1.29, 1.82) is 0 Å². The molecule has 1 fully saturated rings. The molecular weight excluding hydrogens is 374 g/mol. The number of nitrogens with two attached hydrogens (primary N) is 1. The molecule has 140 valence electrons. The summed E-state index contributed by atoms with van der Waals surface area (Å²) in [6.07, 6.45) is 2.22. The third-order valence-corrected chi connectivity index (χ3v) is 6.38. The zero-order valence-corrected chi connectivity index (χ0v) is 17.3. The highest BCUT2D eigenvalue weighted by molar-refractivity contribution is 7.99. The maximum absolute atomic E-state index is 11.8. The molecule has 27 heavy (non-hydrogen) atoms. The Labute approximate surface area is 170 Å². The fraction of sp³-hybridized carbons (Fsp3) is 0.261. The summed E-state index contributed by atoms with van der Waals surface area (Å²) in [5.41, 5.74) is 9.89. The van der Waals surface area contributed by atoms with Crippen LogP contribution in [0.4, 0.5) is 0 Å². The van der Waals surface area contributed by atoms with Gasteiger partial charge in [0.05, 0.1) is 0 Å². The highest BCUT2D eigenvalue weighted by Gasteiger charge is 2.48. The SMILES string of the molecule is CCSc1cc(C2(c3cccc(C(N)=O)c3C)CC2)c2ccccc2c1.Cl. The Morgan fingerprint density at radius 3 is 2.48 bits per heavy atom. The Kier molecular flexibility index (Phi) is 5.55. The molecule has 0 aromatic heterocycles. The molecule has 1 saturated carbocycles. The molecule has 2 nitrogen and oxygen atoms in total. The van der Waals surface area contributed by atoms with Crippen molar-refractivity contribution in [1.82, 2.24) is 0 Å². The third kappa shape index (κ3) is 3.35. The van der Waals surface area contributed by atoms with Crippen LogP contribution in [0.2, 0.25) is 0 Å². The van der Waals surface area contributed by atoms with Gasteiger partial charge >= 0.3 is 0 Å². The molecule has 0 saturated heterocycles. The van der Waals surface area contributed by atoms with Crippen LogP contribution < -0.4 is 5.73 Å². The molecule has 0 heterocycles. The molecule has 0 bridgehead atoms. The minimum absolute atomic E-state index is 0. The Hall–Kier alpha value is -1.97. The van der Waals surface area contributed by atoms with Crippen molar-refractivity contribution in [2.75, 3.05) is 5.75 Å². The lowest BCUT2D eigenvalue weighted by atomic mass is 9.81. The summed E-state index contributed by atoms with van der Waals surface area (Å²) in [4.78, 5) is 13.1. The smallest absolute Gasteiger partial charge is 0.248 e. The standard InChI is InChI=1S/C23H23NOS.ClH/c1-3-26-17-13-16-7-4-5-8-19(16)21(14-17)23(11-12-23)20-10-6-9-18(15(20)2)22(24)25;/h4-10,13-14H,3,11-12H2,1-2H3,(H2,24,25);1H. The third-order valence-electron chi connectivity index (χ3n) is 5.53. The summed E-state index contributed by atoms with van der Waals surface area (Å²) in [5.74, 6) is 0.710. The Balaban J connectivity index is 0.00000210. The number of fused-ring (bicyclic) bond motifs is 1. The summed E-state index contributed by atoms with van der Waals surface area (Å²) in [6.45, 7) is 4.22. The molecule has 3 aromatic rings. The zero-order valence-electron chi connectivity index (χ0n) is 15.6. The largest absolute Gasteiger partial charge is 0.366 e. The van der Waals surface area contributed by atoms with E-state index < -0.39 is 0 Å². The van der Waals surface area contributed by atoms with Crippen molar-refractivity contribution in [3.8, 4) is 0 Å².